The summed E-state index contributed by atoms with van der Waals surface area (Å²) < 4.78 is 27.1. The summed E-state index contributed by atoms with van der Waals surface area (Å²) in [7, 11) is -3.75. The van der Waals surface area contributed by atoms with Crippen molar-refractivity contribution >= 4 is 27.5 Å². The first-order valence-electron chi connectivity index (χ1n) is 10.1. The molecule has 0 bridgehead atoms. The second-order valence-electron chi connectivity index (χ2n) is 7.09. The molecule has 0 saturated carbocycles. The summed E-state index contributed by atoms with van der Waals surface area (Å²) >= 11 is 5.95. The highest BCUT2D eigenvalue weighted by molar-refractivity contribution is 7.89. The minimum absolute atomic E-state index is 0.000187. The Hall–Kier alpha value is -2.67. The highest BCUT2D eigenvalue weighted by Gasteiger charge is 2.18. The van der Waals surface area contributed by atoms with Gasteiger partial charge in [0.05, 0.1) is 5.02 Å². The Labute approximate surface area is 188 Å². The van der Waals surface area contributed by atoms with Gasteiger partial charge in [-0.2, -0.15) is 0 Å². The molecule has 0 aliphatic carbocycles. The van der Waals surface area contributed by atoms with E-state index in [1.165, 1.54) is 23.3 Å². The van der Waals surface area contributed by atoms with Crippen LogP contribution in [0.2, 0.25) is 5.02 Å². The summed E-state index contributed by atoms with van der Waals surface area (Å²) in [6.45, 7) is 0.491. The SMILES string of the molecule is O=C(CCNS(=O)(=O)c1ccccc1Cl)NCCC(c1ccccc1)c1ccccc1. The molecule has 2 N–H and O–H groups in total. The fourth-order valence-corrected chi connectivity index (χ4v) is 4.93. The number of halogens is 1. The van der Waals surface area contributed by atoms with Crippen molar-refractivity contribution in [2.75, 3.05) is 13.1 Å². The highest BCUT2D eigenvalue weighted by Crippen LogP contribution is 2.27. The minimum Gasteiger partial charge on any atom is -0.356 e. The van der Waals surface area contributed by atoms with Crippen LogP contribution in [0.3, 0.4) is 0 Å². The van der Waals surface area contributed by atoms with E-state index in [4.69, 9.17) is 11.6 Å². The van der Waals surface area contributed by atoms with Gasteiger partial charge in [-0.05, 0) is 29.7 Å². The van der Waals surface area contributed by atoms with Gasteiger partial charge >= 0.3 is 0 Å². The molecule has 3 aromatic carbocycles. The van der Waals surface area contributed by atoms with Crippen LogP contribution in [-0.2, 0) is 14.8 Å². The van der Waals surface area contributed by atoms with E-state index in [1.54, 1.807) is 12.1 Å². The smallest absolute Gasteiger partial charge is 0.242 e. The number of amides is 1. The Kier molecular flexibility index (Phi) is 8.23. The van der Waals surface area contributed by atoms with Crippen molar-refractivity contribution in [2.45, 2.75) is 23.7 Å². The Bertz CT molecular complexity index is 1050. The normalized spacial score (nSPS) is 11.4. The third-order valence-corrected chi connectivity index (χ3v) is 6.89. The number of carbonyl (C=O) groups excluding carboxylic acids is 1. The number of carbonyl (C=O) groups is 1. The van der Waals surface area contributed by atoms with Crippen LogP contribution in [0.15, 0.2) is 89.8 Å². The fraction of sp³-hybridized carbons (Fsp3) is 0.208. The number of hydrogen-bond acceptors (Lipinski definition) is 3. The van der Waals surface area contributed by atoms with Crippen LogP contribution in [0.4, 0.5) is 0 Å². The van der Waals surface area contributed by atoms with Gasteiger partial charge in [-0.25, -0.2) is 13.1 Å². The molecule has 0 aliphatic rings. The predicted octanol–water partition coefficient (Wildman–Crippen LogP) is 4.35. The first kappa shape index (κ1) is 23.0. The summed E-state index contributed by atoms with van der Waals surface area (Å²) in [6.07, 6.45) is 0.788. The average molecular weight is 457 g/mol. The predicted molar refractivity (Wildman–Crippen MR) is 124 cm³/mol. The fourth-order valence-electron chi connectivity index (χ4n) is 3.38. The molecular weight excluding hydrogens is 432 g/mol. The maximum Gasteiger partial charge on any atom is 0.242 e. The lowest BCUT2D eigenvalue weighted by molar-refractivity contribution is -0.120. The van der Waals surface area contributed by atoms with Crippen molar-refractivity contribution in [3.05, 3.63) is 101 Å². The highest BCUT2D eigenvalue weighted by atomic mass is 35.5. The van der Waals surface area contributed by atoms with E-state index >= 15 is 0 Å². The number of rotatable bonds is 10. The van der Waals surface area contributed by atoms with Crippen molar-refractivity contribution in [2.24, 2.45) is 0 Å². The molecule has 0 radical (unpaired) electrons. The van der Waals surface area contributed by atoms with E-state index in [-0.39, 0.29) is 34.7 Å². The van der Waals surface area contributed by atoms with Gasteiger partial charge < -0.3 is 5.32 Å². The monoisotopic (exact) mass is 456 g/mol. The van der Waals surface area contributed by atoms with Crippen molar-refractivity contribution in [1.29, 1.82) is 0 Å². The average Bonchev–Trinajstić information content (AvgIpc) is 2.78. The lowest BCUT2D eigenvalue weighted by atomic mass is 9.88. The zero-order valence-electron chi connectivity index (χ0n) is 17.0. The Balaban J connectivity index is 1.50. The Morgan fingerprint density at radius 3 is 1.94 bits per heavy atom. The van der Waals surface area contributed by atoms with Crippen LogP contribution in [0, 0.1) is 0 Å². The van der Waals surface area contributed by atoms with E-state index in [0.717, 1.165) is 6.42 Å². The molecule has 7 heteroatoms. The van der Waals surface area contributed by atoms with Gasteiger partial charge in [0.25, 0.3) is 0 Å². The zero-order chi connectivity index (χ0) is 22.1. The van der Waals surface area contributed by atoms with Crippen LogP contribution >= 0.6 is 11.6 Å². The lowest BCUT2D eigenvalue weighted by Gasteiger charge is -2.18. The molecular formula is C24H25ClN2O3S. The maximum atomic E-state index is 12.3. The van der Waals surface area contributed by atoms with Crippen molar-refractivity contribution in [1.82, 2.24) is 10.0 Å². The van der Waals surface area contributed by atoms with Crippen molar-refractivity contribution < 1.29 is 13.2 Å². The molecule has 1 amide bonds. The molecule has 0 aliphatic heterocycles. The molecule has 0 aromatic heterocycles. The third kappa shape index (κ3) is 6.66. The quantitative estimate of drug-likeness (QED) is 0.476. The topological polar surface area (TPSA) is 75.3 Å². The number of sulfonamides is 1. The van der Waals surface area contributed by atoms with Crippen LogP contribution in [-0.4, -0.2) is 27.4 Å². The Morgan fingerprint density at radius 2 is 1.35 bits per heavy atom. The van der Waals surface area contributed by atoms with Crippen LogP contribution in [0.1, 0.15) is 29.9 Å². The van der Waals surface area contributed by atoms with E-state index in [9.17, 15) is 13.2 Å². The van der Waals surface area contributed by atoms with Crippen LogP contribution in [0.25, 0.3) is 0 Å². The van der Waals surface area contributed by atoms with Crippen molar-refractivity contribution in [3.8, 4) is 0 Å². The first-order valence-corrected chi connectivity index (χ1v) is 11.9. The molecule has 0 atom stereocenters. The van der Waals surface area contributed by atoms with Gasteiger partial charge in [-0.3, -0.25) is 4.79 Å². The van der Waals surface area contributed by atoms with Gasteiger partial charge in [0.15, 0.2) is 0 Å². The largest absolute Gasteiger partial charge is 0.356 e. The Morgan fingerprint density at radius 1 is 0.806 bits per heavy atom. The van der Waals surface area contributed by atoms with Crippen LogP contribution < -0.4 is 10.0 Å². The zero-order valence-corrected chi connectivity index (χ0v) is 18.6. The standard InChI is InChI=1S/C24H25ClN2O3S/c25-22-13-7-8-14-23(22)31(29,30)27-18-16-24(28)26-17-15-21(19-9-3-1-4-10-19)20-11-5-2-6-12-20/h1-14,21,27H,15-18H2,(H,26,28). The molecule has 31 heavy (non-hydrogen) atoms. The number of hydrogen-bond donors (Lipinski definition) is 2. The molecule has 0 saturated heterocycles. The summed E-state index contributed by atoms with van der Waals surface area (Å²) in [6, 6.07) is 26.5. The molecule has 0 heterocycles. The van der Waals surface area contributed by atoms with E-state index in [2.05, 4.69) is 34.3 Å². The molecule has 3 aromatic rings. The molecule has 5 nitrogen and oxygen atoms in total. The maximum absolute atomic E-state index is 12.3. The van der Waals surface area contributed by atoms with Gasteiger partial charge in [0.2, 0.25) is 15.9 Å². The number of benzene rings is 3. The second-order valence-corrected chi connectivity index (χ2v) is 9.23. The summed E-state index contributed by atoms with van der Waals surface area (Å²) in [4.78, 5) is 12.2. The summed E-state index contributed by atoms with van der Waals surface area (Å²) in [5.41, 5.74) is 2.38. The van der Waals surface area contributed by atoms with E-state index in [1.807, 2.05) is 36.4 Å². The van der Waals surface area contributed by atoms with Gasteiger partial charge in [-0.1, -0.05) is 84.4 Å². The first-order chi connectivity index (χ1) is 15.0. The molecule has 0 fully saturated rings. The van der Waals surface area contributed by atoms with Gasteiger partial charge in [0, 0.05) is 25.4 Å². The molecule has 162 valence electrons. The van der Waals surface area contributed by atoms with Crippen molar-refractivity contribution in [3.63, 3.8) is 0 Å². The molecule has 0 spiro atoms. The second kappa shape index (κ2) is 11.1. The van der Waals surface area contributed by atoms with E-state index in [0.29, 0.717) is 6.54 Å². The van der Waals surface area contributed by atoms with E-state index < -0.39 is 10.0 Å². The lowest BCUT2D eigenvalue weighted by Crippen LogP contribution is -2.31. The summed E-state index contributed by atoms with van der Waals surface area (Å²) in [5.74, 6) is -0.0387. The summed E-state index contributed by atoms with van der Waals surface area (Å²) in [5, 5.41) is 3.04. The third-order valence-electron chi connectivity index (χ3n) is 4.93. The molecule has 0 unspecified atom stereocenters. The van der Waals surface area contributed by atoms with Gasteiger partial charge in [0.1, 0.15) is 4.90 Å². The minimum atomic E-state index is -3.75. The molecule has 3 rings (SSSR count). The number of nitrogens with one attached hydrogen (secondary N) is 2. The van der Waals surface area contributed by atoms with Gasteiger partial charge in [-0.15, -0.1) is 0 Å². The van der Waals surface area contributed by atoms with Crippen LogP contribution in [0.5, 0.6) is 0 Å².